The molecule has 7 heteroatoms. The summed E-state index contributed by atoms with van der Waals surface area (Å²) in [7, 11) is 0. The molecule has 0 rings (SSSR count). The van der Waals surface area contributed by atoms with Gasteiger partial charge in [0, 0.05) is 17.9 Å². The molecule has 0 amide bonds. The first-order valence-electron chi connectivity index (χ1n) is 29.9. The van der Waals surface area contributed by atoms with Crippen LogP contribution in [-0.4, -0.2) is 17.9 Å². The van der Waals surface area contributed by atoms with Gasteiger partial charge in [-0.05, 0) is 38.5 Å². The van der Waals surface area contributed by atoms with Crippen molar-refractivity contribution in [3.05, 3.63) is 0 Å². The Hall–Kier alpha value is -1.07. The van der Waals surface area contributed by atoms with Gasteiger partial charge in [0.1, 0.15) is 0 Å². The van der Waals surface area contributed by atoms with E-state index in [2.05, 4.69) is 20.8 Å². The van der Waals surface area contributed by atoms with Crippen LogP contribution in [0.15, 0.2) is 0 Å². The van der Waals surface area contributed by atoms with Crippen LogP contribution >= 0.6 is 0 Å². The monoisotopic (exact) mass is 990 g/mol. The van der Waals surface area contributed by atoms with Crippen LogP contribution in [-0.2, 0) is 31.5 Å². The molecule has 0 unspecified atom stereocenters. The van der Waals surface area contributed by atoms with E-state index < -0.39 is 17.9 Å². The van der Waals surface area contributed by atoms with Crippen LogP contribution in [0.2, 0.25) is 0 Å². The molecule has 0 aromatic heterocycles. The Morgan fingerprint density at radius 1 is 0.194 bits per heavy atom. The van der Waals surface area contributed by atoms with E-state index in [0.29, 0.717) is 0 Å². The van der Waals surface area contributed by atoms with Crippen molar-refractivity contribution in [1.29, 1.82) is 0 Å². The summed E-state index contributed by atoms with van der Waals surface area (Å²) in [6.45, 7) is 6.82. The van der Waals surface area contributed by atoms with Crippen molar-refractivity contribution in [3.63, 3.8) is 0 Å². The third-order valence-corrected chi connectivity index (χ3v) is 13.5. The molecule has 6 nitrogen and oxygen atoms in total. The summed E-state index contributed by atoms with van der Waals surface area (Å²) in [6.07, 6.45) is 68.4. The van der Waals surface area contributed by atoms with Crippen molar-refractivity contribution in [2.24, 2.45) is 0 Å². The minimum absolute atomic E-state index is 0. The number of unbranched alkanes of at least 4 members (excludes halogenated alkanes) is 48. The van der Waals surface area contributed by atoms with Crippen LogP contribution < -0.4 is 15.3 Å². The first-order chi connectivity index (χ1) is 32.3. The molecule has 0 spiro atoms. The molecule has 0 bridgehead atoms. The van der Waals surface area contributed by atoms with Crippen LogP contribution in [0.5, 0.6) is 0 Å². The van der Waals surface area contributed by atoms with Crippen LogP contribution in [0.3, 0.4) is 0 Å². The molecule has 0 aromatic rings. The zero-order valence-electron chi connectivity index (χ0n) is 45.5. The normalized spacial score (nSPS) is 10.8. The van der Waals surface area contributed by atoms with E-state index in [0.717, 1.165) is 38.5 Å². The number of carbonyl (C=O) groups excluding carboxylic acids is 3. The fourth-order valence-electron chi connectivity index (χ4n) is 8.98. The summed E-state index contributed by atoms with van der Waals surface area (Å²) < 4.78 is 0. The Kier molecular flexibility index (Phi) is 74.8. The van der Waals surface area contributed by atoms with Gasteiger partial charge in [0.2, 0.25) is 0 Å². The van der Waals surface area contributed by atoms with Gasteiger partial charge in [-0.15, -0.1) is 0 Å². The van der Waals surface area contributed by atoms with Crippen LogP contribution in [0.25, 0.3) is 0 Å². The number of carboxylic acids is 3. The zero-order chi connectivity index (χ0) is 48.9. The summed E-state index contributed by atoms with van der Waals surface area (Å²) in [5.41, 5.74) is 0. The minimum atomic E-state index is -0.902. The average molecular weight is 990 g/mol. The van der Waals surface area contributed by atoms with E-state index in [4.69, 9.17) is 0 Å². The maximum atomic E-state index is 10.2. The Morgan fingerprint density at radius 3 is 0.373 bits per heavy atom. The van der Waals surface area contributed by atoms with Crippen molar-refractivity contribution in [1.82, 2.24) is 0 Å². The van der Waals surface area contributed by atoms with Gasteiger partial charge in [-0.1, -0.05) is 329 Å². The largest absolute Gasteiger partial charge is 3.00 e. The van der Waals surface area contributed by atoms with E-state index in [9.17, 15) is 29.7 Å². The molecule has 0 aromatic carbocycles. The fraction of sp³-hybridized carbons (Fsp3) is 0.950. The Balaban J connectivity index is -0.000000441. The van der Waals surface area contributed by atoms with E-state index in [-0.39, 0.29) is 36.3 Å². The average Bonchev–Trinajstić information content (AvgIpc) is 3.29. The van der Waals surface area contributed by atoms with E-state index in [1.165, 1.54) is 289 Å². The van der Waals surface area contributed by atoms with Gasteiger partial charge in [0.25, 0.3) is 0 Å². The summed E-state index contributed by atoms with van der Waals surface area (Å²) >= 11 is 0. The predicted octanol–water partition coefficient (Wildman–Crippen LogP) is 17.3. The third-order valence-electron chi connectivity index (χ3n) is 13.5. The van der Waals surface area contributed by atoms with Gasteiger partial charge in [-0.3, -0.25) is 0 Å². The molecule has 0 aliphatic carbocycles. The Bertz CT molecular complexity index is 799. The molecule has 0 heterocycles. The minimum Gasteiger partial charge on any atom is -0.550 e. The molecular formula is C60H117FeO6. The summed E-state index contributed by atoms with van der Waals surface area (Å²) in [5.74, 6) is -2.71. The molecule has 0 aliphatic rings. The maximum Gasteiger partial charge on any atom is 3.00 e. The molecule has 0 fully saturated rings. The Morgan fingerprint density at radius 2 is 0.284 bits per heavy atom. The number of aliphatic carboxylic acids is 3. The summed E-state index contributed by atoms with van der Waals surface area (Å²) in [5, 5.41) is 30.7. The first kappa shape index (κ1) is 72.5. The fourth-order valence-corrected chi connectivity index (χ4v) is 8.98. The topological polar surface area (TPSA) is 120 Å². The smallest absolute Gasteiger partial charge is 0.550 e. The van der Waals surface area contributed by atoms with Crippen molar-refractivity contribution < 1.29 is 46.8 Å². The van der Waals surface area contributed by atoms with Crippen LogP contribution in [0.4, 0.5) is 0 Å². The standard InChI is InChI=1S/3C20H40O2.Fe/c3*1-2-3-4-5-6-7-8-9-10-11-12-13-14-15-16-17-18-19-20(21)22;/h3*2-19H2,1H3,(H,21,22);/q;;;+3/p-3. The second-order valence-corrected chi connectivity index (χ2v) is 20.3. The van der Waals surface area contributed by atoms with E-state index >= 15 is 0 Å². The number of carbonyl (C=O) groups is 3. The second kappa shape index (κ2) is 69.2. The molecule has 0 aliphatic heterocycles. The van der Waals surface area contributed by atoms with Crippen molar-refractivity contribution in [2.75, 3.05) is 0 Å². The molecule has 0 saturated carbocycles. The second-order valence-electron chi connectivity index (χ2n) is 20.3. The molecule has 0 saturated heterocycles. The first-order valence-corrected chi connectivity index (χ1v) is 29.9. The van der Waals surface area contributed by atoms with Crippen molar-refractivity contribution in [2.45, 2.75) is 367 Å². The van der Waals surface area contributed by atoms with Crippen molar-refractivity contribution in [3.8, 4) is 0 Å². The molecular weight excluding hydrogens is 872 g/mol. The molecule has 1 radical (unpaired) electrons. The van der Waals surface area contributed by atoms with Crippen LogP contribution in [0.1, 0.15) is 367 Å². The number of rotatable bonds is 54. The predicted molar refractivity (Wildman–Crippen MR) is 281 cm³/mol. The van der Waals surface area contributed by atoms with Gasteiger partial charge in [-0.2, -0.15) is 0 Å². The maximum absolute atomic E-state index is 10.2. The van der Waals surface area contributed by atoms with Crippen molar-refractivity contribution >= 4 is 17.9 Å². The number of hydrogen-bond donors (Lipinski definition) is 0. The van der Waals surface area contributed by atoms with E-state index in [1.54, 1.807) is 0 Å². The zero-order valence-corrected chi connectivity index (χ0v) is 46.6. The summed E-state index contributed by atoms with van der Waals surface area (Å²) in [6, 6.07) is 0. The molecule has 67 heavy (non-hydrogen) atoms. The SMILES string of the molecule is CCCCCCCCCCCCCCCCCCCC(=O)[O-].CCCCCCCCCCCCCCCCCCCC(=O)[O-].CCCCCCCCCCCCCCCCCCCC(=O)[O-].[Fe+3]. The van der Waals surface area contributed by atoms with Crippen LogP contribution in [0, 0.1) is 0 Å². The third kappa shape index (κ3) is 82.2. The van der Waals surface area contributed by atoms with Gasteiger partial charge in [0.05, 0.1) is 0 Å². The molecule has 401 valence electrons. The van der Waals surface area contributed by atoms with Gasteiger partial charge in [0.15, 0.2) is 0 Å². The Labute approximate surface area is 430 Å². The van der Waals surface area contributed by atoms with Gasteiger partial charge in [-0.25, -0.2) is 0 Å². The quantitative estimate of drug-likeness (QED) is 0.0442. The van der Waals surface area contributed by atoms with Gasteiger partial charge < -0.3 is 29.7 Å². The summed E-state index contributed by atoms with van der Waals surface area (Å²) in [4.78, 5) is 30.7. The number of hydrogen-bond acceptors (Lipinski definition) is 6. The van der Waals surface area contributed by atoms with Gasteiger partial charge >= 0.3 is 17.1 Å². The molecule has 0 atom stereocenters. The number of carboxylic acid groups (broad SMARTS) is 3. The molecule has 0 N–H and O–H groups in total. The van der Waals surface area contributed by atoms with E-state index in [1.807, 2.05) is 0 Å².